The van der Waals surface area contributed by atoms with Gasteiger partial charge in [0.1, 0.15) is 33.9 Å². The Morgan fingerprint density at radius 1 is 1.16 bits per heavy atom. The fraction of sp³-hybridized carbons (Fsp3) is 0.429. The van der Waals surface area contributed by atoms with Crippen LogP contribution in [0.25, 0.3) is 0 Å². The lowest BCUT2D eigenvalue weighted by Crippen LogP contribution is -2.50. The van der Waals surface area contributed by atoms with E-state index >= 15 is 0 Å². The quantitative estimate of drug-likeness (QED) is 0.345. The summed E-state index contributed by atoms with van der Waals surface area (Å²) in [5.41, 5.74) is 0.271. The third-order valence-electron chi connectivity index (χ3n) is 7.12. The van der Waals surface area contributed by atoms with Crippen LogP contribution in [0, 0.1) is 0 Å². The lowest BCUT2D eigenvalue weighted by atomic mass is 10.1. The normalized spacial score (nSPS) is 14.9. The van der Waals surface area contributed by atoms with Crippen molar-refractivity contribution in [3.05, 3.63) is 59.4 Å². The van der Waals surface area contributed by atoms with E-state index in [-0.39, 0.29) is 18.4 Å². The topological polar surface area (TPSA) is 116 Å². The van der Waals surface area contributed by atoms with Crippen LogP contribution in [-0.4, -0.2) is 87.5 Å². The zero-order valence-corrected chi connectivity index (χ0v) is 25.4. The SMILES string of the molecule is COc1cc(C(=O)N2CCN(C(C)C)CC2)ccc1Nc1ncc(C(F)(F)F)c(NCc2cccnc2N(C)S(C)=O)n1. The van der Waals surface area contributed by atoms with Crippen molar-refractivity contribution in [2.45, 2.75) is 32.6 Å². The van der Waals surface area contributed by atoms with Gasteiger partial charge in [0.15, 0.2) is 0 Å². The average Bonchev–Trinajstić information content (AvgIpc) is 2.99. The maximum atomic E-state index is 13.8. The first-order chi connectivity index (χ1) is 20.4. The van der Waals surface area contributed by atoms with Crippen molar-refractivity contribution >= 4 is 40.2 Å². The molecule has 15 heteroatoms. The Kier molecular flexibility index (Phi) is 10.1. The summed E-state index contributed by atoms with van der Waals surface area (Å²) < 4.78 is 60.4. The number of piperazine rings is 1. The number of hydrogen-bond acceptors (Lipinski definition) is 9. The number of alkyl halides is 3. The molecular formula is C28H35F3N8O3S. The van der Waals surface area contributed by atoms with Crippen LogP contribution >= 0.6 is 0 Å². The van der Waals surface area contributed by atoms with E-state index in [1.807, 2.05) is 0 Å². The van der Waals surface area contributed by atoms with E-state index in [1.165, 1.54) is 23.9 Å². The van der Waals surface area contributed by atoms with Crippen molar-refractivity contribution in [3.63, 3.8) is 0 Å². The van der Waals surface area contributed by atoms with Crippen LogP contribution in [0.3, 0.4) is 0 Å². The fourth-order valence-electron chi connectivity index (χ4n) is 4.61. The number of aromatic nitrogens is 3. The van der Waals surface area contributed by atoms with Crippen molar-refractivity contribution in [2.24, 2.45) is 0 Å². The molecule has 4 rings (SSSR count). The number of benzene rings is 1. The minimum atomic E-state index is -4.72. The Balaban J connectivity index is 1.54. The number of carbonyl (C=O) groups excluding carboxylic acids is 1. The molecule has 1 fully saturated rings. The van der Waals surface area contributed by atoms with Gasteiger partial charge in [0.2, 0.25) is 5.95 Å². The Hall–Kier alpha value is -3.98. The van der Waals surface area contributed by atoms with Gasteiger partial charge in [0.05, 0.1) is 12.8 Å². The van der Waals surface area contributed by atoms with Gasteiger partial charge in [-0.05, 0) is 38.1 Å². The minimum absolute atomic E-state index is 0.0736. The summed E-state index contributed by atoms with van der Waals surface area (Å²) in [6.45, 7) is 6.98. The first kappa shape index (κ1) is 31.9. The molecule has 232 valence electrons. The lowest BCUT2D eigenvalue weighted by Gasteiger charge is -2.37. The van der Waals surface area contributed by atoms with E-state index in [2.05, 4.69) is 44.3 Å². The van der Waals surface area contributed by atoms with Gasteiger partial charge in [0, 0.05) is 75.6 Å². The van der Waals surface area contributed by atoms with Crippen molar-refractivity contribution in [2.75, 3.05) is 61.5 Å². The van der Waals surface area contributed by atoms with Crippen molar-refractivity contribution in [1.82, 2.24) is 24.8 Å². The zero-order valence-electron chi connectivity index (χ0n) is 24.6. The molecule has 1 atom stereocenters. The molecule has 2 N–H and O–H groups in total. The van der Waals surface area contributed by atoms with Crippen LogP contribution in [0.1, 0.15) is 35.3 Å². The van der Waals surface area contributed by atoms with E-state index in [1.54, 1.807) is 42.3 Å². The van der Waals surface area contributed by atoms with Gasteiger partial charge in [0.25, 0.3) is 5.91 Å². The van der Waals surface area contributed by atoms with Gasteiger partial charge in [-0.25, -0.2) is 14.2 Å². The second-order valence-corrected chi connectivity index (χ2v) is 11.6. The molecule has 3 aromatic rings. The summed E-state index contributed by atoms with van der Waals surface area (Å²) in [5, 5.41) is 5.64. The molecular weight excluding hydrogens is 585 g/mol. The number of anilines is 4. The Bertz CT molecular complexity index is 1470. The molecule has 1 aromatic carbocycles. The molecule has 1 aliphatic rings. The first-order valence-electron chi connectivity index (χ1n) is 13.6. The second kappa shape index (κ2) is 13.5. The predicted molar refractivity (Wildman–Crippen MR) is 160 cm³/mol. The second-order valence-electron chi connectivity index (χ2n) is 10.2. The molecule has 0 aliphatic carbocycles. The highest BCUT2D eigenvalue weighted by Crippen LogP contribution is 2.35. The molecule has 1 aliphatic heterocycles. The number of halogens is 3. The lowest BCUT2D eigenvalue weighted by molar-refractivity contribution is -0.137. The Labute approximate surface area is 251 Å². The van der Waals surface area contributed by atoms with Gasteiger partial charge < -0.3 is 20.3 Å². The third-order valence-corrected chi connectivity index (χ3v) is 8.06. The van der Waals surface area contributed by atoms with Crippen molar-refractivity contribution in [1.29, 1.82) is 0 Å². The molecule has 0 saturated carbocycles. The minimum Gasteiger partial charge on any atom is -0.495 e. The van der Waals surface area contributed by atoms with Crippen LogP contribution in [0.2, 0.25) is 0 Å². The maximum absolute atomic E-state index is 13.8. The average molecular weight is 621 g/mol. The number of amides is 1. The van der Waals surface area contributed by atoms with Crippen LogP contribution in [0.15, 0.2) is 42.7 Å². The number of hydrogen-bond donors (Lipinski definition) is 2. The highest BCUT2D eigenvalue weighted by atomic mass is 32.2. The molecule has 1 unspecified atom stereocenters. The van der Waals surface area contributed by atoms with Gasteiger partial charge in [-0.1, -0.05) is 6.07 Å². The zero-order chi connectivity index (χ0) is 31.3. The summed E-state index contributed by atoms with van der Waals surface area (Å²) in [6, 6.07) is 8.53. The molecule has 2 aromatic heterocycles. The van der Waals surface area contributed by atoms with E-state index in [0.29, 0.717) is 53.7 Å². The van der Waals surface area contributed by atoms with Gasteiger partial charge in [-0.15, -0.1) is 0 Å². The molecule has 1 saturated heterocycles. The summed E-state index contributed by atoms with van der Waals surface area (Å²) in [5.74, 6) is -0.0293. The molecule has 3 heterocycles. The summed E-state index contributed by atoms with van der Waals surface area (Å²) in [4.78, 5) is 29.5. The predicted octanol–water partition coefficient (Wildman–Crippen LogP) is 4.15. The number of nitrogens with zero attached hydrogens (tertiary/aromatic N) is 6. The molecule has 1 amide bonds. The highest BCUT2D eigenvalue weighted by molar-refractivity contribution is 7.85. The van der Waals surface area contributed by atoms with E-state index in [0.717, 1.165) is 13.1 Å². The molecule has 11 nitrogen and oxygen atoms in total. The standard InChI is InChI=1S/C28H35F3N8O3S/c1-18(2)38-11-13-39(14-12-38)26(40)19-8-9-22(23(15-19)42-4)35-27-34-17-21(28(29,30)31)24(36-27)33-16-20-7-6-10-32-25(20)37(3)43(5)41/h6-10,15,17-18H,11-14,16H2,1-5H3,(H2,33,34,35,36). The number of methoxy groups -OCH3 is 1. The summed E-state index contributed by atoms with van der Waals surface area (Å²) >= 11 is 0. The van der Waals surface area contributed by atoms with Crippen LogP contribution in [0.4, 0.5) is 36.4 Å². The van der Waals surface area contributed by atoms with Crippen molar-refractivity contribution in [3.8, 4) is 5.75 Å². The number of ether oxygens (including phenoxy) is 1. The fourth-order valence-corrected chi connectivity index (χ4v) is 5.02. The third kappa shape index (κ3) is 7.70. The first-order valence-corrected chi connectivity index (χ1v) is 15.1. The monoisotopic (exact) mass is 620 g/mol. The smallest absolute Gasteiger partial charge is 0.421 e. The number of rotatable bonds is 10. The summed E-state index contributed by atoms with van der Waals surface area (Å²) in [6.07, 6.45) is -1.05. The number of nitrogens with one attached hydrogen (secondary N) is 2. The van der Waals surface area contributed by atoms with Crippen LogP contribution < -0.4 is 19.7 Å². The molecule has 0 spiro atoms. The molecule has 0 bridgehead atoms. The van der Waals surface area contributed by atoms with Crippen molar-refractivity contribution < 1.29 is 26.9 Å². The van der Waals surface area contributed by atoms with Gasteiger partial charge in [-0.2, -0.15) is 18.2 Å². The van der Waals surface area contributed by atoms with Gasteiger partial charge in [-0.3, -0.25) is 14.0 Å². The maximum Gasteiger partial charge on any atom is 0.421 e. The molecule has 0 radical (unpaired) electrons. The highest BCUT2D eigenvalue weighted by Gasteiger charge is 2.35. The van der Waals surface area contributed by atoms with E-state index in [9.17, 15) is 22.2 Å². The van der Waals surface area contributed by atoms with Crippen LogP contribution in [-0.2, 0) is 23.7 Å². The van der Waals surface area contributed by atoms with E-state index < -0.39 is 28.5 Å². The largest absolute Gasteiger partial charge is 0.495 e. The Morgan fingerprint density at radius 2 is 1.88 bits per heavy atom. The van der Waals surface area contributed by atoms with E-state index in [4.69, 9.17) is 4.74 Å². The molecule has 43 heavy (non-hydrogen) atoms. The number of pyridine rings is 1. The summed E-state index contributed by atoms with van der Waals surface area (Å²) in [7, 11) is 1.62. The van der Waals surface area contributed by atoms with Gasteiger partial charge >= 0.3 is 6.18 Å². The Morgan fingerprint density at radius 3 is 2.51 bits per heavy atom. The van der Waals surface area contributed by atoms with Crippen LogP contribution in [0.5, 0.6) is 5.75 Å². The number of carbonyl (C=O) groups is 1.